The zero-order valence-electron chi connectivity index (χ0n) is 9.64. The van der Waals surface area contributed by atoms with Crippen molar-refractivity contribution in [3.05, 3.63) is 0 Å². The van der Waals surface area contributed by atoms with Gasteiger partial charge in [0.25, 0.3) is 0 Å². The van der Waals surface area contributed by atoms with Gasteiger partial charge in [-0.25, -0.2) is 8.42 Å². The molecule has 0 spiro atoms. The first kappa shape index (κ1) is 14.0. The van der Waals surface area contributed by atoms with Crippen LogP contribution in [-0.2, 0) is 24.2 Å². The Labute approximate surface area is 99.9 Å². The first-order chi connectivity index (χ1) is 7.79. The third-order valence-electron chi connectivity index (χ3n) is 2.86. The molecule has 0 aromatic rings. The van der Waals surface area contributed by atoms with Crippen molar-refractivity contribution in [2.24, 2.45) is 5.41 Å². The van der Waals surface area contributed by atoms with Gasteiger partial charge >= 0.3 is 11.9 Å². The van der Waals surface area contributed by atoms with E-state index in [9.17, 15) is 18.0 Å². The number of carboxylic acids is 1. The monoisotopic (exact) mass is 264 g/mol. The van der Waals surface area contributed by atoms with Crippen LogP contribution in [0.1, 0.15) is 25.7 Å². The molecule has 0 aromatic heterocycles. The van der Waals surface area contributed by atoms with Crippen molar-refractivity contribution in [1.29, 1.82) is 0 Å². The molecule has 1 rings (SSSR count). The molecule has 0 saturated heterocycles. The van der Waals surface area contributed by atoms with Crippen molar-refractivity contribution in [2.45, 2.75) is 25.7 Å². The number of sulfone groups is 1. The van der Waals surface area contributed by atoms with Crippen LogP contribution in [0, 0.1) is 5.41 Å². The number of carboxylic acid groups (broad SMARTS) is 1. The molecule has 0 bridgehead atoms. The Morgan fingerprint density at radius 1 is 1.35 bits per heavy atom. The molecule has 98 valence electrons. The molecule has 1 aliphatic rings. The number of hydrogen-bond donors (Lipinski definition) is 1. The maximum Gasteiger partial charge on any atom is 0.306 e. The van der Waals surface area contributed by atoms with E-state index in [-0.39, 0.29) is 17.9 Å². The van der Waals surface area contributed by atoms with Gasteiger partial charge in [-0.05, 0) is 18.3 Å². The highest BCUT2D eigenvalue weighted by Crippen LogP contribution is 2.50. The third-order valence-corrected chi connectivity index (χ3v) is 4.74. The molecule has 7 heteroatoms. The number of aliphatic carboxylic acids is 1. The summed E-state index contributed by atoms with van der Waals surface area (Å²) in [6, 6.07) is 0. The number of esters is 1. The molecule has 0 amide bonds. The summed E-state index contributed by atoms with van der Waals surface area (Å²) in [5, 5.41) is 8.44. The Morgan fingerprint density at radius 2 is 1.94 bits per heavy atom. The molecular weight excluding hydrogens is 248 g/mol. The predicted molar refractivity (Wildman–Crippen MR) is 59.2 cm³/mol. The highest BCUT2D eigenvalue weighted by atomic mass is 32.2. The standard InChI is InChI=1S/C10H16O6S/c1-16-9(13)6-10(3-4-10)7-17(14,15)5-2-8(11)12/h2-7H2,1H3,(H,11,12). The van der Waals surface area contributed by atoms with Crippen LogP contribution >= 0.6 is 0 Å². The lowest BCUT2D eigenvalue weighted by Crippen LogP contribution is -2.24. The van der Waals surface area contributed by atoms with E-state index in [1.165, 1.54) is 7.11 Å². The van der Waals surface area contributed by atoms with Crippen LogP contribution in [0.3, 0.4) is 0 Å². The van der Waals surface area contributed by atoms with Gasteiger partial charge in [0.1, 0.15) is 0 Å². The second kappa shape index (κ2) is 5.03. The largest absolute Gasteiger partial charge is 0.481 e. The van der Waals surface area contributed by atoms with Gasteiger partial charge in [-0.1, -0.05) is 0 Å². The van der Waals surface area contributed by atoms with Crippen molar-refractivity contribution in [3.8, 4) is 0 Å². The number of carbonyl (C=O) groups is 2. The summed E-state index contributed by atoms with van der Waals surface area (Å²) in [5.74, 6) is -2.05. The summed E-state index contributed by atoms with van der Waals surface area (Å²) < 4.78 is 27.8. The van der Waals surface area contributed by atoms with Gasteiger partial charge in [0.2, 0.25) is 0 Å². The number of ether oxygens (including phenoxy) is 1. The van der Waals surface area contributed by atoms with Crippen molar-refractivity contribution in [2.75, 3.05) is 18.6 Å². The predicted octanol–water partition coefficient (Wildman–Crippen LogP) is 0.219. The molecule has 1 aliphatic carbocycles. The minimum absolute atomic E-state index is 0.0931. The minimum atomic E-state index is -3.41. The highest BCUT2D eigenvalue weighted by molar-refractivity contribution is 7.91. The zero-order chi connectivity index (χ0) is 13.1. The Hall–Kier alpha value is -1.11. The van der Waals surface area contributed by atoms with Gasteiger partial charge < -0.3 is 9.84 Å². The maximum absolute atomic E-state index is 11.6. The summed E-state index contributed by atoms with van der Waals surface area (Å²) in [5.41, 5.74) is -0.509. The molecule has 0 unspecified atom stereocenters. The molecule has 1 N–H and O–H groups in total. The lowest BCUT2D eigenvalue weighted by molar-refractivity contribution is -0.142. The Balaban J connectivity index is 2.52. The van der Waals surface area contributed by atoms with E-state index >= 15 is 0 Å². The van der Waals surface area contributed by atoms with Gasteiger partial charge in [0.05, 0.1) is 31.5 Å². The van der Waals surface area contributed by atoms with E-state index in [0.29, 0.717) is 12.8 Å². The Morgan fingerprint density at radius 3 is 2.35 bits per heavy atom. The second-order valence-electron chi connectivity index (χ2n) is 4.49. The van der Waals surface area contributed by atoms with Crippen molar-refractivity contribution >= 4 is 21.8 Å². The number of hydrogen-bond acceptors (Lipinski definition) is 5. The third kappa shape index (κ3) is 4.72. The number of carbonyl (C=O) groups excluding carboxylic acids is 1. The van der Waals surface area contributed by atoms with Crippen LogP contribution in [0.4, 0.5) is 0 Å². The molecule has 17 heavy (non-hydrogen) atoms. The van der Waals surface area contributed by atoms with Crippen molar-refractivity contribution in [1.82, 2.24) is 0 Å². The quantitative estimate of drug-likeness (QED) is 0.660. The summed E-state index contributed by atoms with van der Waals surface area (Å²) >= 11 is 0. The van der Waals surface area contributed by atoms with E-state index in [2.05, 4.69) is 4.74 Å². The molecule has 0 aliphatic heterocycles. The highest BCUT2D eigenvalue weighted by Gasteiger charge is 2.47. The summed E-state index contributed by atoms with van der Waals surface area (Å²) in [7, 11) is -2.15. The molecule has 0 radical (unpaired) electrons. The molecule has 0 aromatic carbocycles. The van der Waals surface area contributed by atoms with E-state index in [1.807, 2.05) is 0 Å². The van der Waals surface area contributed by atoms with Crippen LogP contribution in [0.25, 0.3) is 0 Å². The second-order valence-corrected chi connectivity index (χ2v) is 6.67. The van der Waals surface area contributed by atoms with Gasteiger partial charge in [0, 0.05) is 0 Å². The van der Waals surface area contributed by atoms with Crippen LogP contribution < -0.4 is 0 Å². The van der Waals surface area contributed by atoms with Crippen LogP contribution in [0.2, 0.25) is 0 Å². The summed E-state index contributed by atoms with van der Waals surface area (Å²) in [6.45, 7) is 0. The molecule has 6 nitrogen and oxygen atoms in total. The minimum Gasteiger partial charge on any atom is -0.481 e. The fourth-order valence-electron chi connectivity index (χ4n) is 1.71. The molecule has 0 atom stereocenters. The van der Waals surface area contributed by atoms with Crippen LogP contribution in [0.15, 0.2) is 0 Å². The van der Waals surface area contributed by atoms with E-state index in [4.69, 9.17) is 5.11 Å². The first-order valence-electron chi connectivity index (χ1n) is 5.28. The van der Waals surface area contributed by atoms with Gasteiger partial charge in [-0.2, -0.15) is 0 Å². The number of methoxy groups -OCH3 is 1. The first-order valence-corrected chi connectivity index (χ1v) is 7.10. The maximum atomic E-state index is 11.6. The van der Waals surface area contributed by atoms with Gasteiger partial charge in [-0.15, -0.1) is 0 Å². The average molecular weight is 264 g/mol. The van der Waals surface area contributed by atoms with E-state index in [1.54, 1.807) is 0 Å². The smallest absolute Gasteiger partial charge is 0.306 e. The van der Waals surface area contributed by atoms with Gasteiger partial charge in [0.15, 0.2) is 9.84 Å². The number of rotatable bonds is 7. The average Bonchev–Trinajstić information content (AvgIpc) is 2.94. The molecular formula is C10H16O6S. The Kier molecular flexibility index (Phi) is 4.13. The zero-order valence-corrected chi connectivity index (χ0v) is 10.5. The Bertz CT molecular complexity index is 407. The fraction of sp³-hybridized carbons (Fsp3) is 0.800. The summed E-state index contributed by atoms with van der Waals surface area (Å²) in [6.07, 6.45) is 1.05. The normalized spacial score (nSPS) is 17.5. The van der Waals surface area contributed by atoms with Crippen LogP contribution in [0.5, 0.6) is 0 Å². The topological polar surface area (TPSA) is 97.7 Å². The van der Waals surface area contributed by atoms with E-state index in [0.717, 1.165) is 0 Å². The summed E-state index contributed by atoms with van der Waals surface area (Å²) in [4.78, 5) is 21.4. The lowest BCUT2D eigenvalue weighted by Gasteiger charge is -2.13. The molecule has 1 saturated carbocycles. The van der Waals surface area contributed by atoms with Gasteiger partial charge in [-0.3, -0.25) is 9.59 Å². The fourth-order valence-corrected chi connectivity index (χ4v) is 3.66. The SMILES string of the molecule is COC(=O)CC1(CS(=O)(=O)CCC(=O)O)CC1. The van der Waals surface area contributed by atoms with E-state index < -0.39 is 33.6 Å². The molecule has 0 heterocycles. The van der Waals surface area contributed by atoms with Crippen molar-refractivity contribution < 1.29 is 27.9 Å². The lowest BCUT2D eigenvalue weighted by atomic mass is 10.1. The molecule has 1 fully saturated rings. The van der Waals surface area contributed by atoms with Crippen LogP contribution in [-0.4, -0.2) is 44.1 Å². The van der Waals surface area contributed by atoms with Crippen molar-refractivity contribution in [3.63, 3.8) is 0 Å².